The second-order valence-electron chi connectivity index (χ2n) is 2.95. The van der Waals surface area contributed by atoms with Crippen LogP contribution in [0.2, 0.25) is 10.0 Å². The van der Waals surface area contributed by atoms with Crippen molar-refractivity contribution in [3.8, 4) is 0 Å². The third kappa shape index (κ3) is 4.13. The predicted molar refractivity (Wildman–Crippen MR) is 70.7 cm³/mol. The molecule has 0 atom stereocenters. The molecule has 8 heteroatoms. The highest BCUT2D eigenvalue weighted by Gasteiger charge is 2.13. The molecule has 0 amide bonds. The quantitative estimate of drug-likeness (QED) is 0.834. The van der Waals surface area contributed by atoms with Crippen LogP contribution in [0.25, 0.3) is 0 Å². The van der Waals surface area contributed by atoms with Crippen LogP contribution in [0.1, 0.15) is 0 Å². The van der Waals surface area contributed by atoms with Crippen molar-refractivity contribution in [1.82, 2.24) is 0 Å². The van der Waals surface area contributed by atoms with Crippen molar-refractivity contribution in [2.75, 3.05) is 10.5 Å². The summed E-state index contributed by atoms with van der Waals surface area (Å²) in [7, 11) is -3.61. The van der Waals surface area contributed by atoms with Crippen LogP contribution in [0.15, 0.2) is 18.2 Å². The fraction of sp³-hybridized carbons (Fsp3) is 0.125. The molecule has 0 aromatic heterocycles. The Balaban J connectivity index is 2.92. The number of hydrogen-bond donors (Lipinski definition) is 2. The van der Waals surface area contributed by atoms with Gasteiger partial charge in [0.2, 0.25) is 10.0 Å². The number of anilines is 1. The average molecular weight is 299 g/mol. The first-order valence-electron chi connectivity index (χ1n) is 4.04. The van der Waals surface area contributed by atoms with Gasteiger partial charge in [0, 0.05) is 5.02 Å². The second-order valence-corrected chi connectivity index (χ2v) is 6.04. The van der Waals surface area contributed by atoms with Gasteiger partial charge in [-0.15, -0.1) is 0 Å². The molecule has 0 unspecified atom stereocenters. The minimum atomic E-state index is -3.61. The predicted octanol–water partition coefficient (Wildman–Crippen LogP) is 2.02. The van der Waals surface area contributed by atoms with Crippen LogP contribution >= 0.6 is 35.4 Å². The number of nitrogens with one attached hydrogen (secondary N) is 1. The van der Waals surface area contributed by atoms with Crippen LogP contribution < -0.4 is 10.5 Å². The fourth-order valence-corrected chi connectivity index (χ4v) is 2.90. The molecule has 0 saturated heterocycles. The van der Waals surface area contributed by atoms with E-state index in [2.05, 4.69) is 16.9 Å². The number of halogens is 2. The minimum absolute atomic E-state index is 0.113. The lowest BCUT2D eigenvalue weighted by Gasteiger charge is -2.08. The van der Waals surface area contributed by atoms with Crippen molar-refractivity contribution in [2.24, 2.45) is 5.73 Å². The van der Waals surface area contributed by atoms with Crippen molar-refractivity contribution in [3.05, 3.63) is 28.2 Å². The molecule has 0 saturated carbocycles. The van der Waals surface area contributed by atoms with Gasteiger partial charge in [0.25, 0.3) is 0 Å². The summed E-state index contributed by atoms with van der Waals surface area (Å²) in [6.07, 6.45) is 0. The van der Waals surface area contributed by atoms with Crippen molar-refractivity contribution in [3.63, 3.8) is 0 Å². The number of rotatable bonds is 4. The Bertz CT molecular complexity index is 517. The molecule has 88 valence electrons. The Labute approximate surface area is 109 Å². The largest absolute Gasteiger partial charge is 0.392 e. The van der Waals surface area contributed by atoms with Gasteiger partial charge in [-0.2, -0.15) is 0 Å². The Hall–Kier alpha value is -0.560. The first-order chi connectivity index (χ1) is 7.30. The van der Waals surface area contributed by atoms with Gasteiger partial charge in [-0.3, -0.25) is 4.72 Å². The van der Waals surface area contributed by atoms with Gasteiger partial charge in [0.1, 0.15) is 5.75 Å². The first kappa shape index (κ1) is 13.5. The van der Waals surface area contributed by atoms with E-state index in [4.69, 9.17) is 28.9 Å². The average Bonchev–Trinajstić information content (AvgIpc) is 2.07. The molecular weight excluding hydrogens is 291 g/mol. The standard InChI is InChI=1S/C8H8Cl2N2O2S2/c9-5-1-2-7(6(10)3-5)12-16(13,14)4-8(11)15/h1-3,12H,4H2,(H2,11,15). The summed E-state index contributed by atoms with van der Waals surface area (Å²) >= 11 is 16.0. The van der Waals surface area contributed by atoms with E-state index in [1.807, 2.05) is 0 Å². The van der Waals surface area contributed by atoms with Crippen molar-refractivity contribution in [2.45, 2.75) is 0 Å². The summed E-state index contributed by atoms with van der Waals surface area (Å²) in [5, 5.41) is 0.626. The Morgan fingerprint density at radius 3 is 2.56 bits per heavy atom. The molecular formula is C8H8Cl2N2O2S2. The highest BCUT2D eigenvalue weighted by molar-refractivity contribution is 7.95. The summed E-state index contributed by atoms with van der Waals surface area (Å²) in [4.78, 5) is -0.113. The monoisotopic (exact) mass is 298 g/mol. The molecule has 0 aliphatic rings. The van der Waals surface area contributed by atoms with Crippen LogP contribution in [0.3, 0.4) is 0 Å². The zero-order valence-corrected chi connectivity index (χ0v) is 11.1. The number of hydrogen-bond acceptors (Lipinski definition) is 3. The van der Waals surface area contributed by atoms with Crippen molar-refractivity contribution >= 4 is 56.1 Å². The maximum absolute atomic E-state index is 11.5. The summed E-state index contributed by atoms with van der Waals surface area (Å²) < 4.78 is 25.2. The Morgan fingerprint density at radius 1 is 1.44 bits per heavy atom. The van der Waals surface area contributed by atoms with E-state index in [-0.39, 0.29) is 15.7 Å². The van der Waals surface area contributed by atoms with E-state index in [1.54, 1.807) is 0 Å². The molecule has 1 aromatic rings. The SMILES string of the molecule is NC(=S)CS(=O)(=O)Nc1ccc(Cl)cc1Cl. The molecule has 3 N–H and O–H groups in total. The number of thiocarbonyl (C=S) groups is 1. The molecule has 0 radical (unpaired) electrons. The second kappa shape index (κ2) is 5.18. The normalized spacial score (nSPS) is 11.1. The lowest BCUT2D eigenvalue weighted by molar-refractivity contribution is 0.605. The summed E-state index contributed by atoms with van der Waals surface area (Å²) in [5.74, 6) is -0.429. The third-order valence-corrected chi connectivity index (χ3v) is 3.63. The van der Waals surface area contributed by atoms with Gasteiger partial charge in [0.05, 0.1) is 15.7 Å². The molecule has 0 aliphatic heterocycles. The molecule has 0 heterocycles. The van der Waals surface area contributed by atoms with Gasteiger partial charge in [-0.05, 0) is 18.2 Å². The minimum Gasteiger partial charge on any atom is -0.392 e. The van der Waals surface area contributed by atoms with Crippen LogP contribution in [0.5, 0.6) is 0 Å². The van der Waals surface area contributed by atoms with E-state index in [1.165, 1.54) is 18.2 Å². The van der Waals surface area contributed by atoms with Gasteiger partial charge in [-0.1, -0.05) is 35.4 Å². The lowest BCUT2D eigenvalue weighted by Crippen LogP contribution is -2.26. The van der Waals surface area contributed by atoms with Crippen LogP contribution in [-0.4, -0.2) is 19.2 Å². The van der Waals surface area contributed by atoms with Crippen molar-refractivity contribution in [1.29, 1.82) is 0 Å². The first-order valence-corrected chi connectivity index (χ1v) is 6.85. The summed E-state index contributed by atoms with van der Waals surface area (Å²) in [6.45, 7) is 0. The Kier molecular flexibility index (Phi) is 4.37. The van der Waals surface area contributed by atoms with E-state index in [0.29, 0.717) is 5.02 Å². The smallest absolute Gasteiger partial charge is 0.239 e. The molecule has 4 nitrogen and oxygen atoms in total. The number of benzene rings is 1. The Morgan fingerprint density at radius 2 is 2.06 bits per heavy atom. The molecule has 0 aliphatic carbocycles. The molecule has 0 fully saturated rings. The maximum Gasteiger partial charge on any atom is 0.239 e. The van der Waals surface area contributed by atoms with Crippen LogP contribution in [0, 0.1) is 0 Å². The maximum atomic E-state index is 11.5. The van der Waals surface area contributed by atoms with E-state index < -0.39 is 15.8 Å². The third-order valence-electron chi connectivity index (χ3n) is 1.53. The van der Waals surface area contributed by atoms with Gasteiger partial charge in [-0.25, -0.2) is 8.42 Å². The summed E-state index contributed by atoms with van der Waals surface area (Å²) in [6, 6.07) is 4.41. The van der Waals surface area contributed by atoms with E-state index in [0.717, 1.165) is 0 Å². The van der Waals surface area contributed by atoms with Crippen LogP contribution in [-0.2, 0) is 10.0 Å². The highest BCUT2D eigenvalue weighted by Crippen LogP contribution is 2.26. The zero-order valence-electron chi connectivity index (χ0n) is 7.91. The molecule has 0 spiro atoms. The van der Waals surface area contributed by atoms with Crippen molar-refractivity contribution < 1.29 is 8.42 Å². The van der Waals surface area contributed by atoms with Gasteiger partial charge < -0.3 is 5.73 Å². The lowest BCUT2D eigenvalue weighted by atomic mass is 10.3. The number of nitrogens with two attached hydrogens (primary N) is 1. The molecule has 1 aromatic carbocycles. The fourth-order valence-electron chi connectivity index (χ4n) is 0.963. The molecule has 1 rings (SSSR count). The van der Waals surface area contributed by atoms with E-state index >= 15 is 0 Å². The topological polar surface area (TPSA) is 72.2 Å². The molecule has 16 heavy (non-hydrogen) atoms. The number of sulfonamides is 1. The zero-order chi connectivity index (χ0) is 12.3. The van der Waals surface area contributed by atoms with Gasteiger partial charge >= 0.3 is 0 Å². The van der Waals surface area contributed by atoms with Crippen LogP contribution in [0.4, 0.5) is 5.69 Å². The summed E-state index contributed by atoms with van der Waals surface area (Å²) in [5.41, 5.74) is 5.39. The highest BCUT2D eigenvalue weighted by atomic mass is 35.5. The van der Waals surface area contributed by atoms with E-state index in [9.17, 15) is 8.42 Å². The molecule has 0 bridgehead atoms. The van der Waals surface area contributed by atoms with Gasteiger partial charge in [0.15, 0.2) is 0 Å².